The summed E-state index contributed by atoms with van der Waals surface area (Å²) in [5.41, 5.74) is 1.03. The van der Waals surface area contributed by atoms with Gasteiger partial charge in [0.2, 0.25) is 0 Å². The number of carbonyl (C=O) groups excluding carboxylic acids is 1. The molecule has 5 heteroatoms. The average molecular weight is 288 g/mol. The summed E-state index contributed by atoms with van der Waals surface area (Å²) in [4.78, 5) is 10.4. The summed E-state index contributed by atoms with van der Waals surface area (Å²) in [6.45, 7) is 0.562. The Morgan fingerprint density at radius 2 is 2.12 bits per heavy atom. The molecule has 1 aromatic rings. The molecule has 0 atom stereocenters. The highest BCUT2D eigenvalue weighted by atomic mass is 79.9. The van der Waals surface area contributed by atoms with E-state index in [1.54, 1.807) is 14.2 Å². The second kappa shape index (κ2) is 6.37. The van der Waals surface area contributed by atoms with E-state index in [1.165, 1.54) is 0 Å². The van der Waals surface area contributed by atoms with Crippen LogP contribution in [0.3, 0.4) is 0 Å². The molecule has 0 unspecified atom stereocenters. The minimum Gasteiger partial charge on any atom is -0.497 e. The van der Waals surface area contributed by atoms with Crippen LogP contribution in [0.2, 0.25) is 0 Å². The maximum atomic E-state index is 10.6. The maximum Gasteiger partial charge on any atom is 0.287 e. The predicted molar refractivity (Wildman–Crippen MR) is 65.6 cm³/mol. The van der Waals surface area contributed by atoms with Gasteiger partial charge in [-0.15, -0.1) is 0 Å². The number of carbonyl (C=O) groups is 1. The number of methoxy groups -OCH3 is 2. The van der Waals surface area contributed by atoms with Crippen LogP contribution >= 0.6 is 15.9 Å². The Labute approximate surface area is 103 Å². The number of halogens is 1. The van der Waals surface area contributed by atoms with Crippen molar-refractivity contribution < 1.29 is 14.3 Å². The zero-order chi connectivity index (χ0) is 12.0. The highest BCUT2D eigenvalue weighted by molar-refractivity contribution is 9.18. The number of ether oxygens (including phenoxy) is 2. The van der Waals surface area contributed by atoms with E-state index in [2.05, 4.69) is 21.2 Å². The van der Waals surface area contributed by atoms with Gasteiger partial charge in [-0.3, -0.25) is 4.79 Å². The van der Waals surface area contributed by atoms with Gasteiger partial charge in [-0.05, 0) is 18.1 Å². The third-order valence-corrected chi connectivity index (χ3v) is 2.43. The van der Waals surface area contributed by atoms with Crippen molar-refractivity contribution >= 4 is 20.7 Å². The topological polar surface area (TPSA) is 47.6 Å². The summed E-state index contributed by atoms with van der Waals surface area (Å²) in [7, 11) is 3.22. The van der Waals surface area contributed by atoms with Crippen LogP contribution in [-0.4, -0.2) is 25.6 Å². The lowest BCUT2D eigenvalue weighted by molar-refractivity contribution is 0.262. The van der Waals surface area contributed by atoms with E-state index < -0.39 is 0 Å². The monoisotopic (exact) mass is 287 g/mol. The SMILES string of the molecule is COc1ccc(CCNC(=O)Br)c(OC)c1. The van der Waals surface area contributed by atoms with E-state index in [4.69, 9.17) is 9.47 Å². The highest BCUT2D eigenvalue weighted by Gasteiger charge is 2.05. The molecular formula is C11H14BrNO3. The molecule has 0 radical (unpaired) electrons. The van der Waals surface area contributed by atoms with E-state index in [9.17, 15) is 4.79 Å². The summed E-state index contributed by atoms with van der Waals surface area (Å²) in [5, 5.41) is 2.66. The van der Waals surface area contributed by atoms with E-state index in [1.807, 2.05) is 18.2 Å². The first kappa shape index (κ1) is 12.8. The fraction of sp³-hybridized carbons (Fsp3) is 0.364. The summed E-state index contributed by atoms with van der Waals surface area (Å²) in [6.07, 6.45) is 0.713. The summed E-state index contributed by atoms with van der Waals surface area (Å²) >= 11 is 2.81. The number of rotatable bonds is 5. The molecule has 0 aromatic heterocycles. The van der Waals surface area contributed by atoms with Crippen molar-refractivity contribution in [3.8, 4) is 11.5 Å². The number of hydrogen-bond acceptors (Lipinski definition) is 3. The van der Waals surface area contributed by atoms with Crippen molar-refractivity contribution in [2.75, 3.05) is 20.8 Å². The molecule has 4 nitrogen and oxygen atoms in total. The Morgan fingerprint density at radius 3 is 2.69 bits per heavy atom. The van der Waals surface area contributed by atoms with Crippen molar-refractivity contribution in [1.82, 2.24) is 5.32 Å². The molecule has 0 fully saturated rings. The molecule has 0 aliphatic carbocycles. The molecule has 0 heterocycles. The van der Waals surface area contributed by atoms with Crippen LogP contribution in [0, 0.1) is 0 Å². The predicted octanol–water partition coefficient (Wildman–Crippen LogP) is 2.35. The molecule has 0 aliphatic heterocycles. The van der Waals surface area contributed by atoms with Gasteiger partial charge in [0.1, 0.15) is 11.5 Å². The standard InChI is InChI=1S/C11H14BrNO3/c1-15-9-4-3-8(10(7-9)16-2)5-6-13-11(12)14/h3-4,7H,5-6H2,1-2H3,(H,13,14). The minimum atomic E-state index is -0.208. The van der Waals surface area contributed by atoms with Gasteiger partial charge in [0.25, 0.3) is 4.82 Å². The van der Waals surface area contributed by atoms with Crippen LogP contribution in [0.4, 0.5) is 4.79 Å². The number of hydrogen-bond donors (Lipinski definition) is 1. The molecule has 0 spiro atoms. The van der Waals surface area contributed by atoms with Crippen LogP contribution in [-0.2, 0) is 6.42 Å². The smallest absolute Gasteiger partial charge is 0.287 e. The quantitative estimate of drug-likeness (QED) is 0.668. The third-order valence-electron chi connectivity index (χ3n) is 2.15. The van der Waals surface area contributed by atoms with Crippen molar-refractivity contribution in [3.05, 3.63) is 23.8 Å². The first-order valence-corrected chi connectivity index (χ1v) is 5.61. The molecule has 1 amide bonds. The average Bonchev–Trinajstić information content (AvgIpc) is 2.29. The molecule has 0 aliphatic rings. The van der Waals surface area contributed by atoms with Crippen LogP contribution < -0.4 is 14.8 Å². The van der Waals surface area contributed by atoms with Gasteiger partial charge < -0.3 is 14.8 Å². The van der Waals surface area contributed by atoms with E-state index in [-0.39, 0.29) is 4.82 Å². The molecule has 0 saturated heterocycles. The molecule has 16 heavy (non-hydrogen) atoms. The van der Waals surface area contributed by atoms with Crippen LogP contribution in [0.15, 0.2) is 18.2 Å². The van der Waals surface area contributed by atoms with Gasteiger partial charge >= 0.3 is 0 Å². The number of amides is 1. The second-order valence-electron chi connectivity index (χ2n) is 3.13. The largest absolute Gasteiger partial charge is 0.497 e. The Kier molecular flexibility index (Phi) is 5.11. The first-order valence-electron chi connectivity index (χ1n) is 4.81. The molecule has 0 bridgehead atoms. The fourth-order valence-electron chi connectivity index (χ4n) is 1.35. The van der Waals surface area contributed by atoms with E-state index >= 15 is 0 Å². The normalized spacial score (nSPS) is 9.69. The highest BCUT2D eigenvalue weighted by Crippen LogP contribution is 2.24. The Bertz CT molecular complexity index is 368. The van der Waals surface area contributed by atoms with E-state index in [0.717, 1.165) is 17.1 Å². The van der Waals surface area contributed by atoms with Gasteiger partial charge in [-0.1, -0.05) is 6.07 Å². The van der Waals surface area contributed by atoms with Gasteiger partial charge in [0.05, 0.1) is 14.2 Å². The minimum absolute atomic E-state index is 0.208. The fourth-order valence-corrected chi connectivity index (χ4v) is 1.55. The first-order chi connectivity index (χ1) is 7.67. The molecular weight excluding hydrogens is 274 g/mol. The zero-order valence-corrected chi connectivity index (χ0v) is 10.8. The van der Waals surface area contributed by atoms with Gasteiger partial charge in [0, 0.05) is 28.5 Å². The van der Waals surface area contributed by atoms with E-state index in [0.29, 0.717) is 13.0 Å². The second-order valence-corrected chi connectivity index (χ2v) is 3.85. The van der Waals surface area contributed by atoms with Crippen molar-refractivity contribution in [2.45, 2.75) is 6.42 Å². The maximum absolute atomic E-state index is 10.6. The van der Waals surface area contributed by atoms with Crippen LogP contribution in [0.1, 0.15) is 5.56 Å². The van der Waals surface area contributed by atoms with Crippen LogP contribution in [0.25, 0.3) is 0 Å². The molecule has 1 aromatic carbocycles. The summed E-state index contributed by atoms with van der Waals surface area (Å²) in [5.74, 6) is 1.52. The summed E-state index contributed by atoms with van der Waals surface area (Å²) < 4.78 is 10.3. The Hall–Kier alpha value is -1.23. The number of benzene rings is 1. The van der Waals surface area contributed by atoms with Crippen molar-refractivity contribution in [3.63, 3.8) is 0 Å². The lowest BCUT2D eigenvalue weighted by atomic mass is 10.1. The molecule has 1 N–H and O–H groups in total. The molecule has 88 valence electrons. The van der Waals surface area contributed by atoms with Gasteiger partial charge in [-0.2, -0.15) is 0 Å². The van der Waals surface area contributed by atoms with Crippen molar-refractivity contribution in [1.29, 1.82) is 0 Å². The molecule has 0 saturated carbocycles. The Morgan fingerprint density at radius 1 is 1.38 bits per heavy atom. The zero-order valence-electron chi connectivity index (χ0n) is 9.25. The van der Waals surface area contributed by atoms with Crippen molar-refractivity contribution in [2.24, 2.45) is 0 Å². The number of nitrogens with one attached hydrogen (secondary N) is 1. The van der Waals surface area contributed by atoms with Gasteiger partial charge in [0.15, 0.2) is 0 Å². The lowest BCUT2D eigenvalue weighted by Gasteiger charge is -2.10. The molecule has 1 rings (SSSR count). The summed E-state index contributed by atoms with van der Waals surface area (Å²) in [6, 6.07) is 5.62. The third kappa shape index (κ3) is 3.73. The van der Waals surface area contributed by atoms with Crippen LogP contribution in [0.5, 0.6) is 11.5 Å². The lowest BCUT2D eigenvalue weighted by Crippen LogP contribution is -2.19. The van der Waals surface area contributed by atoms with Gasteiger partial charge in [-0.25, -0.2) is 0 Å². The Balaban J connectivity index is 2.68.